The molecule has 2 atom stereocenters. The number of nitrogens with two attached hydrogens (primary N) is 1. The molecule has 0 radical (unpaired) electrons. The number of carboxylic acids is 1. The molecule has 0 saturated carbocycles. The number of rotatable bonds is 9. The number of aliphatic carboxylic acids is 1. The molecule has 1 aliphatic rings. The Morgan fingerprint density at radius 3 is 2.34 bits per heavy atom. The van der Waals surface area contributed by atoms with Gasteiger partial charge in [0.05, 0.1) is 35.4 Å². The molecule has 13 nitrogen and oxygen atoms in total. The number of sulfone groups is 1. The van der Waals surface area contributed by atoms with E-state index in [0.717, 1.165) is 10.8 Å². The summed E-state index contributed by atoms with van der Waals surface area (Å²) in [4.78, 5) is 41.5. The second-order valence-corrected chi connectivity index (χ2v) is 14.9. The summed E-state index contributed by atoms with van der Waals surface area (Å²) >= 11 is 6.34. The van der Waals surface area contributed by atoms with E-state index >= 15 is 0 Å². The molecule has 0 bridgehead atoms. The van der Waals surface area contributed by atoms with E-state index in [-0.39, 0.29) is 10.8 Å². The van der Waals surface area contributed by atoms with E-state index in [1.807, 2.05) is 24.3 Å². The summed E-state index contributed by atoms with van der Waals surface area (Å²) in [5, 5.41) is 14.4. The number of halogens is 4. The van der Waals surface area contributed by atoms with Crippen LogP contribution in [0.25, 0.3) is 10.8 Å². The van der Waals surface area contributed by atoms with Gasteiger partial charge in [0.25, 0.3) is 0 Å². The van der Waals surface area contributed by atoms with Crippen LogP contribution in [-0.4, -0.2) is 73.6 Å². The second kappa shape index (κ2) is 16.6. The Kier molecular flexibility index (Phi) is 12.7. The quantitative estimate of drug-likeness (QED) is 0.137. The van der Waals surface area contributed by atoms with Crippen molar-refractivity contribution in [2.45, 2.75) is 55.1 Å². The number of ether oxygens (including phenoxy) is 2. The molecule has 3 aromatic carbocycles. The number of aromatic nitrogens is 1. The number of nitrogens with one attached hydrogen (secondary N) is 2. The number of nitrogen functional groups attached to an aromatic ring is 1. The molecule has 18 heteroatoms. The Balaban J connectivity index is 0.000000815. The van der Waals surface area contributed by atoms with Gasteiger partial charge < -0.3 is 30.5 Å². The number of amides is 2. The van der Waals surface area contributed by atoms with Crippen LogP contribution in [0.4, 0.5) is 35.2 Å². The highest BCUT2D eigenvalue weighted by Gasteiger charge is 2.39. The van der Waals surface area contributed by atoms with E-state index in [4.69, 9.17) is 36.7 Å². The number of carbonyl (C=O) groups is 3. The summed E-state index contributed by atoms with van der Waals surface area (Å²) in [7, 11) is -1.01. The fraction of sp³-hybridized carbons (Fsp3) is 0.314. The van der Waals surface area contributed by atoms with Gasteiger partial charge in [0.15, 0.2) is 9.84 Å². The summed E-state index contributed by atoms with van der Waals surface area (Å²) in [5.41, 5.74) is 8.10. The van der Waals surface area contributed by atoms with Gasteiger partial charge in [-0.25, -0.2) is 23.0 Å². The van der Waals surface area contributed by atoms with Crippen LogP contribution in [0.5, 0.6) is 5.75 Å². The third-order valence-corrected chi connectivity index (χ3v) is 10.9. The van der Waals surface area contributed by atoms with Crippen molar-refractivity contribution in [3.8, 4) is 5.75 Å². The molecule has 5 N–H and O–H groups in total. The SMILES string of the molecule is COC(=O)Nc1ccc(S(=O)(=O)C(C)C)c([C@H]2CCCN2C(=O)[C@H](Nc2ccc3c(N)nccc3c2)c2ccc(Cl)c(OC)c2)c1.O=C(O)C(F)(F)F. The Labute approximate surface area is 308 Å². The summed E-state index contributed by atoms with van der Waals surface area (Å²) in [6.45, 7) is 3.61. The standard InChI is InChI=1S/C33H36ClN5O6S.C2HF3O2/c1-19(2)46(42,43)29-12-9-23(38-33(41)45-4)18-25(29)27-6-5-15-39(27)32(40)30(21-7-11-26(34)28(17-21)44-3)37-22-8-10-24-20(16-22)13-14-36-31(24)35;3-2(4,5)1(6)7/h7-14,16-19,27,30,37H,5-6,15H2,1-4H3,(H2,35,36)(H,38,41);(H,6,7)/t27-,30-;/m1./s1. The molecule has 1 fully saturated rings. The van der Waals surface area contributed by atoms with Gasteiger partial charge >= 0.3 is 18.2 Å². The van der Waals surface area contributed by atoms with Gasteiger partial charge in [0.1, 0.15) is 17.6 Å². The molecular weight excluding hydrogens is 743 g/mol. The fourth-order valence-corrected chi connectivity index (χ4v) is 7.17. The van der Waals surface area contributed by atoms with Gasteiger partial charge in [0.2, 0.25) is 5.91 Å². The first-order chi connectivity index (χ1) is 24.9. The Morgan fingerprint density at radius 2 is 1.72 bits per heavy atom. The number of benzene rings is 3. The molecule has 53 heavy (non-hydrogen) atoms. The summed E-state index contributed by atoms with van der Waals surface area (Å²) in [6, 6.07) is 15.6. The van der Waals surface area contributed by atoms with Gasteiger partial charge in [-0.15, -0.1) is 0 Å². The lowest BCUT2D eigenvalue weighted by Crippen LogP contribution is -2.38. The number of anilines is 3. The van der Waals surface area contributed by atoms with Crippen LogP contribution in [0.15, 0.2) is 71.8 Å². The lowest BCUT2D eigenvalue weighted by atomic mass is 10.0. The van der Waals surface area contributed by atoms with E-state index in [2.05, 4.69) is 15.6 Å². The third-order valence-electron chi connectivity index (χ3n) is 8.37. The zero-order chi connectivity index (χ0) is 39.2. The highest BCUT2D eigenvalue weighted by atomic mass is 35.5. The molecule has 0 aliphatic carbocycles. The highest BCUT2D eigenvalue weighted by molar-refractivity contribution is 7.92. The first-order valence-electron chi connectivity index (χ1n) is 16.0. The molecule has 0 unspecified atom stereocenters. The Hall–Kier alpha value is -5.29. The third kappa shape index (κ3) is 9.39. The number of hydrogen-bond donors (Lipinski definition) is 4. The van der Waals surface area contributed by atoms with Gasteiger partial charge in [0, 0.05) is 29.5 Å². The van der Waals surface area contributed by atoms with E-state index in [0.29, 0.717) is 58.5 Å². The molecule has 0 spiro atoms. The van der Waals surface area contributed by atoms with Crippen LogP contribution < -0.4 is 21.1 Å². The summed E-state index contributed by atoms with van der Waals surface area (Å²) in [5.74, 6) is -2.23. The van der Waals surface area contributed by atoms with E-state index in [1.165, 1.54) is 26.4 Å². The number of carboxylic acid groups (broad SMARTS) is 1. The van der Waals surface area contributed by atoms with E-state index in [1.54, 1.807) is 49.2 Å². The number of pyridine rings is 1. The monoisotopic (exact) mass is 779 g/mol. The molecule has 2 amide bonds. The van der Waals surface area contributed by atoms with Crippen LogP contribution in [0, 0.1) is 0 Å². The molecule has 5 rings (SSSR count). The lowest BCUT2D eigenvalue weighted by Gasteiger charge is -2.32. The minimum atomic E-state index is -5.08. The highest BCUT2D eigenvalue weighted by Crippen LogP contribution is 2.41. The molecular formula is C35H37ClF3N5O8S. The van der Waals surface area contributed by atoms with Crippen LogP contribution >= 0.6 is 11.6 Å². The topological polar surface area (TPSA) is 190 Å². The number of methoxy groups -OCH3 is 2. The van der Waals surface area contributed by atoms with Crippen molar-refractivity contribution >= 4 is 67.4 Å². The first-order valence-corrected chi connectivity index (χ1v) is 17.9. The predicted octanol–water partition coefficient (Wildman–Crippen LogP) is 6.99. The molecule has 1 saturated heterocycles. The molecule has 2 heterocycles. The Bertz CT molecular complexity index is 2120. The average Bonchev–Trinajstić information content (AvgIpc) is 3.60. The smallest absolute Gasteiger partial charge is 0.490 e. The van der Waals surface area contributed by atoms with Crippen molar-refractivity contribution < 1.29 is 50.6 Å². The van der Waals surface area contributed by atoms with Crippen molar-refractivity contribution in [1.29, 1.82) is 0 Å². The van der Waals surface area contributed by atoms with Gasteiger partial charge in [-0.2, -0.15) is 13.2 Å². The number of likely N-dealkylation sites (tertiary alicyclic amines) is 1. The summed E-state index contributed by atoms with van der Waals surface area (Å²) < 4.78 is 69.0. The zero-order valence-corrected chi connectivity index (χ0v) is 30.5. The number of carbonyl (C=O) groups excluding carboxylic acids is 2. The maximum atomic E-state index is 14.7. The van der Waals surface area contributed by atoms with Crippen molar-refractivity contribution in [3.05, 3.63) is 83.0 Å². The maximum Gasteiger partial charge on any atom is 0.490 e. The predicted molar refractivity (Wildman–Crippen MR) is 193 cm³/mol. The second-order valence-electron chi connectivity index (χ2n) is 12.1. The molecule has 1 aromatic heterocycles. The molecule has 4 aromatic rings. The number of fused-ring (bicyclic) bond motifs is 1. The fourth-order valence-electron chi connectivity index (χ4n) is 5.69. The maximum absolute atomic E-state index is 14.7. The minimum Gasteiger partial charge on any atom is -0.495 e. The van der Waals surface area contributed by atoms with Crippen molar-refractivity contribution in [2.75, 3.05) is 37.1 Å². The van der Waals surface area contributed by atoms with Gasteiger partial charge in [-0.1, -0.05) is 17.7 Å². The van der Waals surface area contributed by atoms with Crippen LogP contribution in [0.2, 0.25) is 5.02 Å². The first kappa shape index (κ1) is 40.5. The van der Waals surface area contributed by atoms with Crippen molar-refractivity contribution in [1.82, 2.24) is 9.88 Å². The summed E-state index contributed by atoms with van der Waals surface area (Å²) in [6.07, 6.45) is -2.99. The molecule has 1 aliphatic heterocycles. The van der Waals surface area contributed by atoms with Crippen molar-refractivity contribution in [2.24, 2.45) is 0 Å². The number of alkyl halides is 3. The minimum absolute atomic E-state index is 0.112. The van der Waals surface area contributed by atoms with E-state index in [9.17, 15) is 31.2 Å². The number of hydrogen-bond acceptors (Lipinski definition) is 10. The average molecular weight is 780 g/mol. The van der Waals surface area contributed by atoms with Crippen LogP contribution in [-0.2, 0) is 24.2 Å². The lowest BCUT2D eigenvalue weighted by molar-refractivity contribution is -0.192. The number of nitrogens with zero attached hydrogens (tertiary/aromatic N) is 2. The zero-order valence-electron chi connectivity index (χ0n) is 28.9. The Morgan fingerprint density at radius 1 is 1.04 bits per heavy atom. The van der Waals surface area contributed by atoms with Crippen LogP contribution in [0.3, 0.4) is 0 Å². The van der Waals surface area contributed by atoms with Gasteiger partial charge in [-0.3, -0.25) is 10.1 Å². The normalized spacial score (nSPS) is 15.0. The van der Waals surface area contributed by atoms with E-state index < -0.39 is 45.4 Å². The largest absolute Gasteiger partial charge is 0.495 e. The van der Waals surface area contributed by atoms with Crippen LogP contribution in [0.1, 0.15) is 49.9 Å². The van der Waals surface area contributed by atoms with Gasteiger partial charge in [-0.05, 0) is 97.8 Å². The molecule has 284 valence electrons. The van der Waals surface area contributed by atoms with Crippen molar-refractivity contribution in [3.63, 3.8) is 0 Å².